The standard InChI is InChI=1S/C11H11F3O2/c1-2-10(15)8-4-3-5-9(6-8)16-7-11(12,13)14/h3-6H,2,7H2,1H3. The number of ether oxygens (including phenoxy) is 1. The maximum atomic E-state index is 11.9. The number of benzene rings is 1. The van der Waals surface area contributed by atoms with E-state index in [2.05, 4.69) is 4.74 Å². The normalized spacial score (nSPS) is 11.2. The van der Waals surface area contributed by atoms with Crippen molar-refractivity contribution in [3.8, 4) is 5.75 Å². The lowest BCUT2D eigenvalue weighted by atomic mass is 10.1. The van der Waals surface area contributed by atoms with E-state index in [4.69, 9.17) is 0 Å². The van der Waals surface area contributed by atoms with Gasteiger partial charge in [-0.3, -0.25) is 4.79 Å². The third kappa shape index (κ3) is 3.92. The molecule has 0 bridgehead atoms. The van der Waals surface area contributed by atoms with E-state index in [1.807, 2.05) is 0 Å². The fraction of sp³-hybridized carbons (Fsp3) is 0.364. The predicted octanol–water partition coefficient (Wildman–Crippen LogP) is 3.22. The van der Waals surface area contributed by atoms with Crippen LogP contribution in [-0.2, 0) is 0 Å². The van der Waals surface area contributed by atoms with Gasteiger partial charge < -0.3 is 4.74 Å². The van der Waals surface area contributed by atoms with Crippen LogP contribution in [0.3, 0.4) is 0 Å². The molecular weight excluding hydrogens is 221 g/mol. The highest BCUT2D eigenvalue weighted by atomic mass is 19.4. The lowest BCUT2D eigenvalue weighted by Gasteiger charge is -2.09. The summed E-state index contributed by atoms with van der Waals surface area (Å²) in [6.45, 7) is 0.336. The van der Waals surface area contributed by atoms with Crippen LogP contribution in [0.4, 0.5) is 13.2 Å². The van der Waals surface area contributed by atoms with E-state index in [0.717, 1.165) is 0 Å². The number of alkyl halides is 3. The quantitative estimate of drug-likeness (QED) is 0.745. The minimum absolute atomic E-state index is 0.0524. The number of ketones is 1. The summed E-state index contributed by atoms with van der Waals surface area (Å²) in [5.74, 6) is -0.0749. The van der Waals surface area contributed by atoms with Gasteiger partial charge in [0.05, 0.1) is 0 Å². The average molecular weight is 232 g/mol. The molecule has 0 saturated heterocycles. The van der Waals surface area contributed by atoms with Crippen LogP contribution in [-0.4, -0.2) is 18.6 Å². The molecule has 5 heteroatoms. The number of rotatable bonds is 4. The van der Waals surface area contributed by atoms with E-state index in [1.165, 1.54) is 18.2 Å². The Balaban J connectivity index is 2.71. The van der Waals surface area contributed by atoms with Crippen molar-refractivity contribution in [1.82, 2.24) is 0 Å². The molecule has 0 fully saturated rings. The topological polar surface area (TPSA) is 26.3 Å². The molecule has 16 heavy (non-hydrogen) atoms. The van der Waals surface area contributed by atoms with Crippen molar-refractivity contribution < 1.29 is 22.7 Å². The van der Waals surface area contributed by atoms with Crippen LogP contribution in [0.25, 0.3) is 0 Å². The molecule has 0 aromatic heterocycles. The van der Waals surface area contributed by atoms with E-state index in [1.54, 1.807) is 13.0 Å². The Hall–Kier alpha value is -1.52. The van der Waals surface area contributed by atoms with Gasteiger partial charge in [0.15, 0.2) is 12.4 Å². The average Bonchev–Trinajstić information content (AvgIpc) is 2.25. The Morgan fingerprint density at radius 3 is 2.62 bits per heavy atom. The molecule has 0 atom stereocenters. The van der Waals surface area contributed by atoms with Crippen molar-refractivity contribution in [2.75, 3.05) is 6.61 Å². The highest BCUT2D eigenvalue weighted by molar-refractivity contribution is 5.96. The van der Waals surface area contributed by atoms with Crippen LogP contribution in [0.15, 0.2) is 24.3 Å². The first kappa shape index (κ1) is 12.5. The summed E-state index contributed by atoms with van der Waals surface area (Å²) in [5.41, 5.74) is 0.363. The second-order valence-corrected chi connectivity index (χ2v) is 3.21. The molecule has 1 rings (SSSR count). The molecule has 0 radical (unpaired) electrons. The highest BCUT2D eigenvalue weighted by Crippen LogP contribution is 2.19. The molecule has 0 aliphatic rings. The third-order valence-electron chi connectivity index (χ3n) is 1.88. The van der Waals surface area contributed by atoms with E-state index in [0.29, 0.717) is 12.0 Å². The van der Waals surface area contributed by atoms with Gasteiger partial charge in [-0.1, -0.05) is 19.1 Å². The first-order chi connectivity index (χ1) is 7.42. The fourth-order valence-corrected chi connectivity index (χ4v) is 1.13. The molecule has 0 spiro atoms. The SMILES string of the molecule is CCC(=O)c1cccc(OCC(F)(F)F)c1. The van der Waals surface area contributed by atoms with Crippen LogP contribution in [0, 0.1) is 0 Å². The molecule has 0 saturated carbocycles. The summed E-state index contributed by atoms with van der Waals surface area (Å²) >= 11 is 0. The Labute approximate surface area is 91.0 Å². The molecule has 88 valence electrons. The lowest BCUT2D eigenvalue weighted by Crippen LogP contribution is -2.19. The second kappa shape index (κ2) is 5.01. The Morgan fingerprint density at radius 2 is 2.06 bits per heavy atom. The highest BCUT2D eigenvalue weighted by Gasteiger charge is 2.28. The molecule has 1 aromatic carbocycles. The van der Waals surface area contributed by atoms with Gasteiger partial charge in [-0.25, -0.2) is 0 Å². The number of Topliss-reactive ketones (excluding diaryl/α,β-unsaturated/α-hetero) is 1. The zero-order valence-corrected chi connectivity index (χ0v) is 8.67. The van der Waals surface area contributed by atoms with Crippen molar-refractivity contribution in [1.29, 1.82) is 0 Å². The smallest absolute Gasteiger partial charge is 0.422 e. The van der Waals surface area contributed by atoms with Gasteiger partial charge >= 0.3 is 6.18 Å². The van der Waals surface area contributed by atoms with E-state index in [-0.39, 0.29) is 11.5 Å². The Kier molecular flexibility index (Phi) is 3.93. The van der Waals surface area contributed by atoms with Gasteiger partial charge in [0.1, 0.15) is 5.75 Å². The number of halogens is 3. The van der Waals surface area contributed by atoms with Crippen molar-refractivity contribution >= 4 is 5.78 Å². The van der Waals surface area contributed by atoms with E-state index < -0.39 is 12.8 Å². The summed E-state index contributed by atoms with van der Waals surface area (Å²) in [6.07, 6.45) is -4.06. The summed E-state index contributed by atoms with van der Waals surface area (Å²) in [5, 5.41) is 0. The summed E-state index contributed by atoms with van der Waals surface area (Å²) in [7, 11) is 0. The lowest BCUT2D eigenvalue weighted by molar-refractivity contribution is -0.153. The summed E-state index contributed by atoms with van der Waals surface area (Å²) < 4.78 is 40.2. The van der Waals surface area contributed by atoms with Crippen molar-refractivity contribution in [2.45, 2.75) is 19.5 Å². The number of carbonyl (C=O) groups is 1. The first-order valence-corrected chi connectivity index (χ1v) is 4.75. The van der Waals surface area contributed by atoms with Crippen LogP contribution < -0.4 is 4.74 Å². The molecule has 0 heterocycles. The Bertz CT molecular complexity index is 372. The van der Waals surface area contributed by atoms with Crippen LogP contribution in [0.2, 0.25) is 0 Å². The molecule has 0 aliphatic heterocycles. The third-order valence-corrected chi connectivity index (χ3v) is 1.88. The Morgan fingerprint density at radius 1 is 1.38 bits per heavy atom. The van der Waals surface area contributed by atoms with Crippen molar-refractivity contribution in [2.24, 2.45) is 0 Å². The van der Waals surface area contributed by atoms with E-state index in [9.17, 15) is 18.0 Å². The van der Waals surface area contributed by atoms with Crippen molar-refractivity contribution in [3.63, 3.8) is 0 Å². The van der Waals surface area contributed by atoms with Gasteiger partial charge in [0, 0.05) is 12.0 Å². The van der Waals surface area contributed by atoms with Gasteiger partial charge in [-0.05, 0) is 12.1 Å². The van der Waals surface area contributed by atoms with Gasteiger partial charge in [0.2, 0.25) is 0 Å². The minimum atomic E-state index is -4.37. The zero-order valence-electron chi connectivity index (χ0n) is 8.67. The van der Waals surface area contributed by atoms with Gasteiger partial charge in [-0.2, -0.15) is 13.2 Å². The minimum Gasteiger partial charge on any atom is -0.484 e. The van der Waals surface area contributed by atoms with Gasteiger partial charge in [0.25, 0.3) is 0 Å². The fourth-order valence-electron chi connectivity index (χ4n) is 1.13. The largest absolute Gasteiger partial charge is 0.484 e. The molecule has 0 aliphatic carbocycles. The molecule has 0 unspecified atom stereocenters. The molecule has 0 N–H and O–H groups in total. The van der Waals surface area contributed by atoms with Crippen molar-refractivity contribution in [3.05, 3.63) is 29.8 Å². The maximum Gasteiger partial charge on any atom is 0.422 e. The summed E-state index contributed by atoms with van der Waals surface area (Å²) in [4.78, 5) is 11.3. The van der Waals surface area contributed by atoms with E-state index >= 15 is 0 Å². The first-order valence-electron chi connectivity index (χ1n) is 4.75. The predicted molar refractivity (Wildman–Crippen MR) is 52.6 cm³/mol. The number of hydrogen-bond donors (Lipinski definition) is 0. The summed E-state index contributed by atoms with van der Waals surface area (Å²) in [6, 6.07) is 5.75. The molecule has 0 amide bonds. The number of hydrogen-bond acceptors (Lipinski definition) is 2. The number of carbonyl (C=O) groups excluding carboxylic acids is 1. The van der Waals surface area contributed by atoms with Gasteiger partial charge in [-0.15, -0.1) is 0 Å². The monoisotopic (exact) mass is 232 g/mol. The maximum absolute atomic E-state index is 11.9. The second-order valence-electron chi connectivity index (χ2n) is 3.21. The van der Waals surface area contributed by atoms with Crippen LogP contribution >= 0.6 is 0 Å². The van der Waals surface area contributed by atoms with Crippen LogP contribution in [0.1, 0.15) is 23.7 Å². The zero-order chi connectivity index (χ0) is 12.2. The molecule has 2 nitrogen and oxygen atoms in total. The molecule has 1 aromatic rings. The van der Waals surface area contributed by atoms with Crippen LogP contribution in [0.5, 0.6) is 5.75 Å². The molecular formula is C11H11F3O2.